The Morgan fingerprint density at radius 1 is 1.09 bits per heavy atom. The van der Waals surface area contributed by atoms with Crippen molar-refractivity contribution in [2.45, 2.75) is 26.3 Å². The molecule has 0 unspecified atom stereocenters. The smallest absolute Gasteiger partial charge is 0.259 e. The quantitative estimate of drug-likeness (QED) is 0.924. The molecule has 4 heteroatoms. The maximum absolute atomic E-state index is 12.9. The molecule has 1 aliphatic rings. The van der Waals surface area contributed by atoms with Crippen LogP contribution in [0, 0.1) is 13.8 Å². The fraction of sp³-hybridized carbons (Fsp3) is 0.222. The zero-order chi connectivity index (χ0) is 15.9. The van der Waals surface area contributed by atoms with Gasteiger partial charge in [-0.1, -0.05) is 35.4 Å². The molecule has 2 amide bonds. The summed E-state index contributed by atoms with van der Waals surface area (Å²) in [6.07, 6.45) is 0.474. The average molecular weight is 294 g/mol. The molecule has 0 saturated heterocycles. The number of benzene rings is 2. The molecule has 112 valence electrons. The van der Waals surface area contributed by atoms with E-state index in [0.717, 1.165) is 22.4 Å². The van der Waals surface area contributed by atoms with Crippen LogP contribution in [0.25, 0.3) is 0 Å². The van der Waals surface area contributed by atoms with Gasteiger partial charge in [-0.2, -0.15) is 0 Å². The molecule has 0 aromatic heterocycles. The van der Waals surface area contributed by atoms with Crippen molar-refractivity contribution in [3.8, 4) is 0 Å². The van der Waals surface area contributed by atoms with Crippen LogP contribution in [0.3, 0.4) is 0 Å². The van der Waals surface area contributed by atoms with Gasteiger partial charge in [0, 0.05) is 17.7 Å². The highest BCUT2D eigenvalue weighted by Gasteiger charge is 2.37. The first kappa shape index (κ1) is 14.3. The van der Waals surface area contributed by atoms with Gasteiger partial charge in [0.25, 0.3) is 5.91 Å². The number of hydrogen-bond donors (Lipinski definition) is 1. The second-order valence-electron chi connectivity index (χ2n) is 5.80. The Labute approximate surface area is 129 Å². The number of primary amides is 1. The Morgan fingerprint density at radius 3 is 2.36 bits per heavy atom. The summed E-state index contributed by atoms with van der Waals surface area (Å²) < 4.78 is 0. The van der Waals surface area contributed by atoms with Gasteiger partial charge in [0.2, 0.25) is 5.91 Å². The van der Waals surface area contributed by atoms with Gasteiger partial charge >= 0.3 is 0 Å². The van der Waals surface area contributed by atoms with E-state index in [1.54, 1.807) is 0 Å². The molecule has 1 heterocycles. The minimum atomic E-state index is -0.620. The highest BCUT2D eigenvalue weighted by Crippen LogP contribution is 2.33. The largest absolute Gasteiger partial charge is 0.368 e. The maximum atomic E-state index is 12.9. The van der Waals surface area contributed by atoms with Crippen LogP contribution in [0.1, 0.15) is 27.0 Å². The van der Waals surface area contributed by atoms with Crippen LogP contribution in [0.15, 0.2) is 42.5 Å². The number of para-hydroxylation sites is 1. The third kappa shape index (κ3) is 2.37. The van der Waals surface area contributed by atoms with Crippen LogP contribution in [-0.2, 0) is 11.2 Å². The van der Waals surface area contributed by atoms with Crippen LogP contribution in [-0.4, -0.2) is 17.9 Å². The van der Waals surface area contributed by atoms with Gasteiger partial charge in [-0.3, -0.25) is 14.5 Å². The molecule has 2 N–H and O–H groups in total. The molecule has 2 aromatic rings. The first-order valence-electron chi connectivity index (χ1n) is 7.26. The molecule has 4 nitrogen and oxygen atoms in total. The monoisotopic (exact) mass is 294 g/mol. The number of nitrogens with two attached hydrogens (primary N) is 1. The SMILES string of the molecule is Cc1cc(C)cc(C(=O)N2c3ccccc3C[C@@H]2C(N)=O)c1. The lowest BCUT2D eigenvalue weighted by molar-refractivity contribution is -0.119. The van der Waals surface area contributed by atoms with Crippen molar-refractivity contribution < 1.29 is 9.59 Å². The van der Waals surface area contributed by atoms with Crippen molar-refractivity contribution in [3.05, 3.63) is 64.7 Å². The standard InChI is InChI=1S/C18H18N2O2/c1-11-7-12(2)9-14(8-11)18(22)20-15-6-4-3-5-13(15)10-16(20)17(19)21/h3-9,16H,10H2,1-2H3,(H2,19,21)/t16-/m1/s1. The Balaban J connectivity index is 2.07. The lowest BCUT2D eigenvalue weighted by Crippen LogP contribution is -2.46. The maximum Gasteiger partial charge on any atom is 0.259 e. The topological polar surface area (TPSA) is 63.4 Å². The zero-order valence-corrected chi connectivity index (χ0v) is 12.7. The summed E-state index contributed by atoms with van der Waals surface area (Å²) in [4.78, 5) is 26.3. The van der Waals surface area contributed by atoms with Crippen molar-refractivity contribution in [2.24, 2.45) is 5.73 Å². The number of aryl methyl sites for hydroxylation is 2. The summed E-state index contributed by atoms with van der Waals surface area (Å²) in [5, 5.41) is 0. The first-order valence-corrected chi connectivity index (χ1v) is 7.26. The van der Waals surface area contributed by atoms with E-state index in [0.29, 0.717) is 12.0 Å². The number of anilines is 1. The van der Waals surface area contributed by atoms with Gasteiger partial charge in [0.15, 0.2) is 0 Å². The number of carbonyl (C=O) groups excluding carboxylic acids is 2. The van der Waals surface area contributed by atoms with Crippen LogP contribution in [0.2, 0.25) is 0 Å². The second-order valence-corrected chi connectivity index (χ2v) is 5.80. The molecule has 0 saturated carbocycles. The highest BCUT2D eigenvalue weighted by molar-refractivity contribution is 6.11. The number of rotatable bonds is 2. The van der Waals surface area contributed by atoms with E-state index < -0.39 is 11.9 Å². The van der Waals surface area contributed by atoms with E-state index in [1.165, 1.54) is 4.90 Å². The molecular weight excluding hydrogens is 276 g/mol. The summed E-state index contributed by atoms with van der Waals surface area (Å²) in [5.74, 6) is -0.658. The summed E-state index contributed by atoms with van der Waals surface area (Å²) in [7, 11) is 0. The van der Waals surface area contributed by atoms with E-state index in [2.05, 4.69) is 0 Å². The second kappa shape index (κ2) is 5.30. The van der Waals surface area contributed by atoms with Crippen molar-refractivity contribution in [2.75, 3.05) is 4.90 Å². The molecule has 0 aliphatic carbocycles. The Hall–Kier alpha value is -2.62. The molecule has 1 atom stereocenters. The first-order chi connectivity index (χ1) is 10.5. The van der Waals surface area contributed by atoms with Crippen LogP contribution in [0.4, 0.5) is 5.69 Å². The lowest BCUT2D eigenvalue weighted by Gasteiger charge is -2.23. The van der Waals surface area contributed by atoms with E-state index in [4.69, 9.17) is 5.73 Å². The van der Waals surface area contributed by atoms with E-state index in [1.807, 2.05) is 56.3 Å². The predicted molar refractivity (Wildman–Crippen MR) is 85.9 cm³/mol. The van der Waals surface area contributed by atoms with Gasteiger partial charge < -0.3 is 5.73 Å². The van der Waals surface area contributed by atoms with Gasteiger partial charge in [0.1, 0.15) is 6.04 Å². The summed E-state index contributed by atoms with van der Waals surface area (Å²) in [6, 6.07) is 12.6. The summed E-state index contributed by atoms with van der Waals surface area (Å²) >= 11 is 0. The normalized spacial score (nSPS) is 16.5. The summed E-state index contributed by atoms with van der Waals surface area (Å²) in [6.45, 7) is 3.90. The minimum Gasteiger partial charge on any atom is -0.368 e. The number of amides is 2. The highest BCUT2D eigenvalue weighted by atomic mass is 16.2. The van der Waals surface area contributed by atoms with Crippen LogP contribution < -0.4 is 10.6 Å². The van der Waals surface area contributed by atoms with E-state index in [9.17, 15) is 9.59 Å². The minimum absolute atomic E-state index is 0.180. The molecule has 0 fully saturated rings. The molecule has 0 radical (unpaired) electrons. The Bertz CT molecular complexity index is 747. The predicted octanol–water partition coefficient (Wildman–Crippen LogP) is 2.36. The zero-order valence-electron chi connectivity index (χ0n) is 12.7. The molecule has 1 aliphatic heterocycles. The molecule has 2 aromatic carbocycles. The fourth-order valence-corrected chi connectivity index (χ4v) is 3.10. The average Bonchev–Trinajstić information content (AvgIpc) is 2.85. The molecule has 22 heavy (non-hydrogen) atoms. The number of nitrogens with zero attached hydrogens (tertiary/aromatic N) is 1. The third-order valence-electron chi connectivity index (χ3n) is 3.99. The van der Waals surface area contributed by atoms with E-state index >= 15 is 0 Å². The molecule has 3 rings (SSSR count). The fourth-order valence-electron chi connectivity index (χ4n) is 3.10. The van der Waals surface area contributed by atoms with Gasteiger partial charge in [-0.15, -0.1) is 0 Å². The molecular formula is C18H18N2O2. The van der Waals surface area contributed by atoms with Crippen molar-refractivity contribution in [3.63, 3.8) is 0 Å². The molecule has 0 spiro atoms. The number of carbonyl (C=O) groups is 2. The Kier molecular flexibility index (Phi) is 3.45. The number of fused-ring (bicyclic) bond motifs is 1. The van der Waals surface area contributed by atoms with Crippen molar-refractivity contribution >= 4 is 17.5 Å². The Morgan fingerprint density at radius 2 is 1.73 bits per heavy atom. The molecule has 0 bridgehead atoms. The summed E-state index contributed by atoms with van der Waals surface area (Å²) in [5.41, 5.74) is 9.88. The van der Waals surface area contributed by atoms with Gasteiger partial charge in [-0.05, 0) is 37.6 Å². The third-order valence-corrected chi connectivity index (χ3v) is 3.99. The lowest BCUT2D eigenvalue weighted by atomic mass is 10.1. The van der Waals surface area contributed by atoms with Crippen LogP contribution in [0.5, 0.6) is 0 Å². The van der Waals surface area contributed by atoms with Gasteiger partial charge in [0.05, 0.1) is 0 Å². The van der Waals surface area contributed by atoms with Gasteiger partial charge in [-0.25, -0.2) is 0 Å². The van der Waals surface area contributed by atoms with Crippen LogP contribution >= 0.6 is 0 Å². The van der Waals surface area contributed by atoms with Crippen molar-refractivity contribution in [1.82, 2.24) is 0 Å². The van der Waals surface area contributed by atoms with E-state index in [-0.39, 0.29) is 5.91 Å². The number of hydrogen-bond acceptors (Lipinski definition) is 2. The van der Waals surface area contributed by atoms with Crippen molar-refractivity contribution in [1.29, 1.82) is 0 Å².